The van der Waals surface area contributed by atoms with Crippen LogP contribution >= 0.6 is 0 Å². The number of amides is 2. The second kappa shape index (κ2) is 18.0. The van der Waals surface area contributed by atoms with Crippen LogP contribution in [-0.4, -0.2) is 67.4 Å². The number of fused-ring (bicyclic) bond motifs is 3. The van der Waals surface area contributed by atoms with E-state index in [2.05, 4.69) is 45.0 Å². The largest absolute Gasteiger partial charge is 0.513 e. The second-order valence-corrected chi connectivity index (χ2v) is 14.6. The number of nitrogens with one attached hydrogen (secondary N) is 3. The molecule has 5 rings (SSSR count). The fraction of sp³-hybridized carbons (Fsp3) is 0.349. The van der Waals surface area contributed by atoms with Gasteiger partial charge in [-0.3, -0.25) is 0 Å². The maximum atomic E-state index is 13.5. The summed E-state index contributed by atoms with van der Waals surface area (Å²) in [5.41, 5.74) is 7.95. The predicted octanol–water partition coefficient (Wildman–Crippen LogP) is 7.21. The summed E-state index contributed by atoms with van der Waals surface area (Å²) in [6, 6.07) is 25.5. The Hall–Kier alpha value is -5.88. The number of rotatable bonds is 14. The van der Waals surface area contributed by atoms with E-state index < -0.39 is 42.0 Å². The van der Waals surface area contributed by atoms with Crippen molar-refractivity contribution in [2.45, 2.75) is 77.6 Å². The zero-order valence-electron chi connectivity index (χ0n) is 32.1. The number of carboxylic acids is 1. The van der Waals surface area contributed by atoms with Crippen molar-refractivity contribution >= 4 is 24.3 Å². The molecule has 290 valence electrons. The number of alkyl carbamates (subject to hydrolysis) is 2. The molecule has 12 heteroatoms. The smallest absolute Gasteiger partial charge is 0.480 e. The normalized spacial score (nSPS) is 13.1. The lowest BCUT2D eigenvalue weighted by Crippen LogP contribution is -2.45. The van der Waals surface area contributed by atoms with Crippen molar-refractivity contribution in [2.24, 2.45) is 0 Å². The van der Waals surface area contributed by atoms with Gasteiger partial charge < -0.3 is 40.0 Å². The summed E-state index contributed by atoms with van der Waals surface area (Å²) in [5.74, 6) is -0.936. The molecule has 0 aromatic heterocycles. The highest BCUT2D eigenvalue weighted by molar-refractivity contribution is 5.81. The van der Waals surface area contributed by atoms with Gasteiger partial charge in [-0.25, -0.2) is 19.2 Å². The summed E-state index contributed by atoms with van der Waals surface area (Å²) >= 11 is 0. The summed E-state index contributed by atoms with van der Waals surface area (Å²) in [6.45, 7) is 9.77. The zero-order chi connectivity index (χ0) is 39.7. The number of aliphatic carboxylic acids is 1. The molecule has 1 aliphatic carbocycles. The number of methoxy groups -OCH3 is 1. The molecule has 0 saturated heterocycles. The van der Waals surface area contributed by atoms with Gasteiger partial charge in [0, 0.05) is 31.5 Å². The number of hydrogen-bond acceptors (Lipinski definition) is 9. The molecule has 55 heavy (non-hydrogen) atoms. The number of carboxylic acid groups (broad SMARTS) is 1. The lowest BCUT2D eigenvalue weighted by Gasteiger charge is -2.24. The molecule has 0 heterocycles. The van der Waals surface area contributed by atoms with Gasteiger partial charge in [0.05, 0.1) is 7.11 Å². The molecule has 1 aliphatic rings. The van der Waals surface area contributed by atoms with Gasteiger partial charge in [0.2, 0.25) is 0 Å². The van der Waals surface area contributed by atoms with Gasteiger partial charge in [0.1, 0.15) is 24.0 Å². The molecule has 2 atom stereocenters. The Balaban J connectivity index is 1.30. The van der Waals surface area contributed by atoms with Crippen LogP contribution in [0.5, 0.6) is 5.75 Å². The molecule has 0 unspecified atom stereocenters. The quantitative estimate of drug-likeness (QED) is 0.0589. The number of carbonyl (C=O) groups excluding carboxylic acids is 3. The van der Waals surface area contributed by atoms with E-state index in [4.69, 9.17) is 14.2 Å². The Bertz CT molecular complexity index is 1950. The number of ether oxygens (including phenoxy) is 4. The SMILES string of the molecule is COC(=O)Oc1cc(C)c(C[C@@H](CNCc2ccccc2C[C@@H](NC(=O)OC(C)(C)C)C(=O)O)NC(=O)OCC2c3ccccc3-c3ccccc32)c(C)c1. The molecule has 2 amide bonds. The Morgan fingerprint density at radius 1 is 0.782 bits per heavy atom. The molecular weight excluding hydrogens is 702 g/mol. The van der Waals surface area contributed by atoms with Crippen molar-refractivity contribution in [3.63, 3.8) is 0 Å². The summed E-state index contributed by atoms with van der Waals surface area (Å²) in [7, 11) is 1.24. The van der Waals surface area contributed by atoms with Crippen LogP contribution < -0.4 is 20.7 Å². The number of benzene rings is 4. The zero-order valence-corrected chi connectivity index (χ0v) is 32.1. The summed E-state index contributed by atoms with van der Waals surface area (Å²) in [6.07, 6.45) is -1.73. The van der Waals surface area contributed by atoms with E-state index in [1.54, 1.807) is 32.9 Å². The summed E-state index contributed by atoms with van der Waals surface area (Å²) in [5, 5.41) is 18.9. The van der Waals surface area contributed by atoms with E-state index in [1.807, 2.05) is 62.4 Å². The van der Waals surface area contributed by atoms with Crippen LogP contribution in [0.1, 0.15) is 65.6 Å². The molecule has 0 spiro atoms. The van der Waals surface area contributed by atoms with Crippen LogP contribution in [0.15, 0.2) is 84.9 Å². The molecule has 0 fully saturated rings. The average molecular weight is 752 g/mol. The summed E-state index contributed by atoms with van der Waals surface area (Å²) in [4.78, 5) is 49.8. The van der Waals surface area contributed by atoms with E-state index in [-0.39, 0.29) is 18.9 Å². The molecule has 0 aliphatic heterocycles. The second-order valence-electron chi connectivity index (χ2n) is 14.6. The first kappa shape index (κ1) is 40.3. The molecule has 4 aromatic rings. The van der Waals surface area contributed by atoms with Crippen molar-refractivity contribution in [3.05, 3.63) is 124 Å². The first-order valence-electron chi connectivity index (χ1n) is 18.2. The van der Waals surface area contributed by atoms with Crippen molar-refractivity contribution in [1.82, 2.24) is 16.0 Å². The Morgan fingerprint density at radius 3 is 1.95 bits per heavy atom. The number of hydrogen-bond donors (Lipinski definition) is 4. The predicted molar refractivity (Wildman–Crippen MR) is 207 cm³/mol. The summed E-state index contributed by atoms with van der Waals surface area (Å²) < 4.78 is 21.1. The van der Waals surface area contributed by atoms with Gasteiger partial charge in [-0.1, -0.05) is 72.8 Å². The van der Waals surface area contributed by atoms with E-state index in [9.17, 15) is 24.3 Å². The monoisotopic (exact) mass is 751 g/mol. The topological polar surface area (TPSA) is 162 Å². The van der Waals surface area contributed by atoms with Gasteiger partial charge in [-0.2, -0.15) is 0 Å². The van der Waals surface area contributed by atoms with Gasteiger partial charge in [-0.05, 0) is 103 Å². The maximum absolute atomic E-state index is 13.5. The highest BCUT2D eigenvalue weighted by atomic mass is 16.7. The fourth-order valence-electron chi connectivity index (χ4n) is 6.88. The standard InChI is InChI=1S/C43H49N3O9/c1-26-19-31(54-42(51)52-6)20-27(2)36(26)22-30(45-40(49)53-25-37-34-17-11-9-15-32(34)33-16-10-12-18-35(33)37)24-44-23-29-14-8-7-13-28(29)21-38(39(47)48)46-41(50)55-43(3,4)5/h7-20,30,37-38,44H,21-25H2,1-6H3,(H,45,49)(H,46,50)(H,47,48)/t30-,38+/m0/s1. The van der Waals surface area contributed by atoms with Crippen LogP contribution in [-0.2, 0) is 38.4 Å². The number of carbonyl (C=O) groups is 4. The maximum Gasteiger partial charge on any atom is 0.513 e. The van der Waals surface area contributed by atoms with Crippen molar-refractivity contribution in [2.75, 3.05) is 20.3 Å². The molecular formula is C43H49N3O9. The highest BCUT2D eigenvalue weighted by Crippen LogP contribution is 2.44. The van der Waals surface area contributed by atoms with Crippen LogP contribution in [0.4, 0.5) is 14.4 Å². The molecule has 0 radical (unpaired) electrons. The van der Waals surface area contributed by atoms with E-state index in [0.717, 1.165) is 50.1 Å². The van der Waals surface area contributed by atoms with E-state index in [0.29, 0.717) is 25.3 Å². The third kappa shape index (κ3) is 10.9. The third-order valence-electron chi connectivity index (χ3n) is 9.39. The lowest BCUT2D eigenvalue weighted by molar-refractivity contribution is -0.139. The molecule has 0 bridgehead atoms. The van der Waals surface area contributed by atoms with Gasteiger partial charge in [0.25, 0.3) is 0 Å². The Morgan fingerprint density at radius 2 is 1.36 bits per heavy atom. The lowest BCUT2D eigenvalue weighted by atomic mass is 9.95. The molecule has 4 aromatic carbocycles. The highest BCUT2D eigenvalue weighted by Gasteiger charge is 2.30. The third-order valence-corrected chi connectivity index (χ3v) is 9.39. The average Bonchev–Trinajstić information content (AvgIpc) is 3.45. The van der Waals surface area contributed by atoms with Gasteiger partial charge in [0.15, 0.2) is 0 Å². The fourth-order valence-corrected chi connectivity index (χ4v) is 6.88. The van der Waals surface area contributed by atoms with Gasteiger partial charge in [-0.15, -0.1) is 0 Å². The minimum absolute atomic E-state index is 0.0340. The molecule has 0 saturated carbocycles. The number of aryl methyl sites for hydroxylation is 2. The van der Waals surface area contributed by atoms with Crippen LogP contribution in [0.25, 0.3) is 11.1 Å². The Labute approximate surface area is 321 Å². The molecule has 4 N–H and O–H groups in total. The molecule has 12 nitrogen and oxygen atoms in total. The van der Waals surface area contributed by atoms with E-state index >= 15 is 0 Å². The Kier molecular flexibility index (Phi) is 13.2. The first-order valence-corrected chi connectivity index (χ1v) is 18.2. The van der Waals surface area contributed by atoms with E-state index in [1.165, 1.54) is 7.11 Å². The van der Waals surface area contributed by atoms with Crippen molar-refractivity contribution in [3.8, 4) is 16.9 Å². The van der Waals surface area contributed by atoms with Crippen LogP contribution in [0, 0.1) is 13.8 Å². The van der Waals surface area contributed by atoms with Crippen molar-refractivity contribution in [1.29, 1.82) is 0 Å². The van der Waals surface area contributed by atoms with Crippen LogP contribution in [0.3, 0.4) is 0 Å². The van der Waals surface area contributed by atoms with Gasteiger partial charge >= 0.3 is 24.3 Å². The minimum atomic E-state index is -1.21. The van der Waals surface area contributed by atoms with Crippen molar-refractivity contribution < 1.29 is 43.2 Å². The first-order chi connectivity index (χ1) is 26.2. The minimum Gasteiger partial charge on any atom is -0.480 e. The van der Waals surface area contributed by atoms with Crippen LogP contribution in [0.2, 0.25) is 0 Å².